The predicted molar refractivity (Wildman–Crippen MR) is 48.3 cm³/mol. The summed E-state index contributed by atoms with van der Waals surface area (Å²) in [6, 6.07) is 0.636. The molecule has 0 spiro atoms. The normalized spacial score (nSPS) is 22.5. The van der Waals surface area contributed by atoms with E-state index >= 15 is 0 Å². The fraction of sp³-hybridized carbons (Fsp3) is 1.00. The third-order valence-corrected chi connectivity index (χ3v) is 2.32. The van der Waals surface area contributed by atoms with E-state index in [-0.39, 0.29) is 0 Å². The predicted octanol–water partition coefficient (Wildman–Crippen LogP) is 0.790. The Morgan fingerprint density at radius 1 is 1.50 bits per heavy atom. The van der Waals surface area contributed by atoms with Crippen molar-refractivity contribution in [1.82, 2.24) is 5.32 Å². The molecule has 1 fully saturated rings. The second kappa shape index (κ2) is 5.51. The van der Waals surface area contributed by atoms with E-state index in [2.05, 4.69) is 12.2 Å². The fourth-order valence-corrected chi connectivity index (χ4v) is 1.32. The molecule has 1 atom stereocenters. The second-order valence-electron chi connectivity index (χ2n) is 3.34. The number of methoxy groups -OCH3 is 1. The lowest BCUT2D eigenvalue weighted by atomic mass is 10.1. The van der Waals surface area contributed by atoms with Crippen LogP contribution in [0.15, 0.2) is 0 Å². The van der Waals surface area contributed by atoms with Gasteiger partial charge in [-0.2, -0.15) is 0 Å². The van der Waals surface area contributed by atoms with Crippen molar-refractivity contribution in [3.8, 4) is 0 Å². The summed E-state index contributed by atoms with van der Waals surface area (Å²) in [7, 11) is 1.75. The zero-order valence-corrected chi connectivity index (χ0v) is 8.01. The number of ether oxygens (including phenoxy) is 2. The van der Waals surface area contributed by atoms with E-state index in [1.54, 1.807) is 7.11 Å². The van der Waals surface area contributed by atoms with Crippen molar-refractivity contribution in [2.75, 3.05) is 26.9 Å². The van der Waals surface area contributed by atoms with Crippen molar-refractivity contribution in [3.63, 3.8) is 0 Å². The van der Waals surface area contributed by atoms with Crippen molar-refractivity contribution < 1.29 is 9.47 Å². The SMILES string of the molecule is COC(C)CNC1CCOCC1. The van der Waals surface area contributed by atoms with Crippen molar-refractivity contribution in [1.29, 1.82) is 0 Å². The number of nitrogens with one attached hydrogen (secondary N) is 1. The molecule has 12 heavy (non-hydrogen) atoms. The molecule has 3 heteroatoms. The van der Waals surface area contributed by atoms with E-state index in [9.17, 15) is 0 Å². The Hall–Kier alpha value is -0.120. The van der Waals surface area contributed by atoms with Crippen molar-refractivity contribution in [3.05, 3.63) is 0 Å². The van der Waals surface area contributed by atoms with E-state index in [0.29, 0.717) is 12.1 Å². The van der Waals surface area contributed by atoms with Gasteiger partial charge in [0.15, 0.2) is 0 Å². The lowest BCUT2D eigenvalue weighted by Gasteiger charge is -2.24. The molecule has 1 heterocycles. The van der Waals surface area contributed by atoms with Gasteiger partial charge in [0.2, 0.25) is 0 Å². The van der Waals surface area contributed by atoms with Crippen molar-refractivity contribution in [2.24, 2.45) is 0 Å². The summed E-state index contributed by atoms with van der Waals surface area (Å²) in [5.41, 5.74) is 0. The summed E-state index contributed by atoms with van der Waals surface area (Å²) in [5, 5.41) is 3.47. The molecule has 0 bridgehead atoms. The second-order valence-corrected chi connectivity index (χ2v) is 3.34. The minimum atomic E-state index is 0.313. The van der Waals surface area contributed by atoms with Gasteiger partial charge in [0, 0.05) is 32.9 Å². The molecule has 1 rings (SSSR count). The Balaban J connectivity index is 2.05. The van der Waals surface area contributed by atoms with Crippen LogP contribution in [0.2, 0.25) is 0 Å². The minimum Gasteiger partial charge on any atom is -0.381 e. The Labute approximate surface area is 74.4 Å². The summed E-state index contributed by atoms with van der Waals surface area (Å²) in [5.74, 6) is 0. The van der Waals surface area contributed by atoms with Crippen LogP contribution in [0.3, 0.4) is 0 Å². The van der Waals surface area contributed by atoms with Crippen LogP contribution in [0.4, 0.5) is 0 Å². The van der Waals surface area contributed by atoms with Gasteiger partial charge in [0.25, 0.3) is 0 Å². The Bertz CT molecular complexity index is 113. The first kappa shape index (κ1) is 9.96. The first-order chi connectivity index (χ1) is 5.83. The lowest BCUT2D eigenvalue weighted by molar-refractivity contribution is 0.0678. The van der Waals surface area contributed by atoms with Gasteiger partial charge in [0.1, 0.15) is 0 Å². The third-order valence-electron chi connectivity index (χ3n) is 2.32. The van der Waals surface area contributed by atoms with Gasteiger partial charge in [-0.1, -0.05) is 0 Å². The maximum absolute atomic E-state index is 5.26. The first-order valence-electron chi connectivity index (χ1n) is 4.67. The molecule has 1 aliphatic heterocycles. The van der Waals surface area contributed by atoms with Crippen LogP contribution in [0.25, 0.3) is 0 Å². The molecule has 3 nitrogen and oxygen atoms in total. The molecule has 1 saturated heterocycles. The zero-order chi connectivity index (χ0) is 8.81. The van der Waals surface area contributed by atoms with Gasteiger partial charge in [-0.15, -0.1) is 0 Å². The molecule has 0 aliphatic carbocycles. The molecule has 1 unspecified atom stereocenters. The highest BCUT2D eigenvalue weighted by Gasteiger charge is 2.13. The van der Waals surface area contributed by atoms with Crippen LogP contribution in [-0.4, -0.2) is 39.0 Å². The Morgan fingerprint density at radius 3 is 2.75 bits per heavy atom. The van der Waals surface area contributed by atoms with Gasteiger partial charge in [-0.05, 0) is 19.8 Å². The molecular formula is C9H19NO2. The average molecular weight is 173 g/mol. The largest absolute Gasteiger partial charge is 0.381 e. The topological polar surface area (TPSA) is 30.5 Å². The standard InChI is InChI=1S/C9H19NO2/c1-8(11-2)7-10-9-3-5-12-6-4-9/h8-10H,3-7H2,1-2H3. The highest BCUT2D eigenvalue weighted by molar-refractivity contribution is 4.71. The third kappa shape index (κ3) is 3.52. The van der Waals surface area contributed by atoms with E-state index in [1.165, 1.54) is 0 Å². The Morgan fingerprint density at radius 2 is 2.17 bits per heavy atom. The molecule has 0 amide bonds. The van der Waals surface area contributed by atoms with Gasteiger partial charge < -0.3 is 14.8 Å². The molecule has 0 saturated carbocycles. The Kier molecular flexibility index (Phi) is 4.58. The molecular weight excluding hydrogens is 154 g/mol. The first-order valence-corrected chi connectivity index (χ1v) is 4.67. The quantitative estimate of drug-likeness (QED) is 0.682. The molecule has 72 valence electrons. The van der Waals surface area contributed by atoms with Crippen molar-refractivity contribution in [2.45, 2.75) is 31.9 Å². The molecule has 0 aromatic heterocycles. The molecule has 1 N–H and O–H groups in total. The van der Waals surface area contributed by atoms with Gasteiger partial charge in [0.05, 0.1) is 6.10 Å². The zero-order valence-electron chi connectivity index (χ0n) is 8.01. The minimum absolute atomic E-state index is 0.313. The monoisotopic (exact) mass is 173 g/mol. The lowest BCUT2D eigenvalue weighted by Crippen LogP contribution is -2.38. The van der Waals surface area contributed by atoms with Crippen LogP contribution in [0, 0.1) is 0 Å². The summed E-state index contributed by atoms with van der Waals surface area (Å²) in [4.78, 5) is 0. The summed E-state index contributed by atoms with van der Waals surface area (Å²) >= 11 is 0. The van der Waals surface area contributed by atoms with Crippen LogP contribution >= 0.6 is 0 Å². The van der Waals surface area contributed by atoms with E-state index in [0.717, 1.165) is 32.6 Å². The van der Waals surface area contributed by atoms with Gasteiger partial charge in [-0.3, -0.25) is 0 Å². The van der Waals surface area contributed by atoms with Gasteiger partial charge >= 0.3 is 0 Å². The van der Waals surface area contributed by atoms with Crippen LogP contribution in [0.1, 0.15) is 19.8 Å². The van der Waals surface area contributed by atoms with E-state index in [1.807, 2.05) is 0 Å². The van der Waals surface area contributed by atoms with Crippen LogP contribution < -0.4 is 5.32 Å². The van der Waals surface area contributed by atoms with E-state index < -0.39 is 0 Å². The van der Waals surface area contributed by atoms with E-state index in [4.69, 9.17) is 9.47 Å². The van der Waals surface area contributed by atoms with Crippen molar-refractivity contribution >= 4 is 0 Å². The maximum atomic E-state index is 5.26. The summed E-state index contributed by atoms with van der Waals surface area (Å²) in [6.45, 7) is 4.82. The fourth-order valence-electron chi connectivity index (χ4n) is 1.32. The maximum Gasteiger partial charge on any atom is 0.0667 e. The highest BCUT2D eigenvalue weighted by Crippen LogP contribution is 2.05. The van der Waals surface area contributed by atoms with Crippen LogP contribution in [-0.2, 0) is 9.47 Å². The number of rotatable bonds is 4. The summed E-state index contributed by atoms with van der Waals surface area (Å²) < 4.78 is 10.4. The average Bonchev–Trinajstić information content (AvgIpc) is 2.16. The molecule has 1 aliphatic rings. The highest BCUT2D eigenvalue weighted by atomic mass is 16.5. The smallest absolute Gasteiger partial charge is 0.0667 e. The van der Waals surface area contributed by atoms with Crippen LogP contribution in [0.5, 0.6) is 0 Å². The summed E-state index contributed by atoms with van der Waals surface area (Å²) in [6.07, 6.45) is 2.58. The van der Waals surface area contributed by atoms with Gasteiger partial charge in [-0.25, -0.2) is 0 Å². The number of hydrogen-bond acceptors (Lipinski definition) is 3. The molecule has 0 aromatic rings. The molecule has 0 aromatic carbocycles. The molecule has 0 radical (unpaired) electrons. The number of hydrogen-bond donors (Lipinski definition) is 1.